The Morgan fingerprint density at radius 2 is 2.23 bits per heavy atom. The SMILES string of the molecule is CCOc1nc(N)n(C)c(=NC)n1. The summed E-state index contributed by atoms with van der Waals surface area (Å²) in [6.07, 6.45) is 0. The van der Waals surface area contributed by atoms with Gasteiger partial charge in [0.15, 0.2) is 0 Å². The van der Waals surface area contributed by atoms with E-state index in [0.29, 0.717) is 18.2 Å². The molecule has 72 valence electrons. The van der Waals surface area contributed by atoms with Gasteiger partial charge < -0.3 is 10.5 Å². The number of aromatic nitrogens is 3. The molecule has 0 aliphatic heterocycles. The molecule has 0 bridgehead atoms. The lowest BCUT2D eigenvalue weighted by molar-refractivity contribution is 0.308. The number of nitrogens with two attached hydrogens (primary N) is 1. The van der Waals surface area contributed by atoms with Gasteiger partial charge in [-0.05, 0) is 6.92 Å². The lowest BCUT2D eigenvalue weighted by Crippen LogP contribution is -2.26. The van der Waals surface area contributed by atoms with Crippen molar-refractivity contribution in [2.45, 2.75) is 6.92 Å². The molecule has 0 amide bonds. The standard InChI is InChI=1S/C7H13N5O/c1-4-13-7-10-5(8)12(3)6(9-2)11-7/h4H2,1-3H3,(H2,8,9,10,11). The average Bonchev–Trinajstić information content (AvgIpc) is 2.11. The van der Waals surface area contributed by atoms with E-state index in [0.717, 1.165) is 0 Å². The molecule has 0 unspecified atom stereocenters. The zero-order valence-corrected chi connectivity index (χ0v) is 7.98. The van der Waals surface area contributed by atoms with Crippen LogP contribution in [0.25, 0.3) is 0 Å². The molecule has 0 aliphatic carbocycles. The fourth-order valence-corrected chi connectivity index (χ4v) is 0.855. The van der Waals surface area contributed by atoms with Gasteiger partial charge in [-0.1, -0.05) is 0 Å². The highest BCUT2D eigenvalue weighted by atomic mass is 16.5. The normalized spacial score (nSPS) is 11.8. The molecule has 1 heterocycles. The van der Waals surface area contributed by atoms with E-state index in [1.165, 1.54) is 0 Å². The van der Waals surface area contributed by atoms with E-state index < -0.39 is 0 Å². The lowest BCUT2D eigenvalue weighted by atomic mass is 10.8. The number of rotatable bonds is 2. The molecule has 0 saturated carbocycles. The third kappa shape index (κ3) is 1.95. The highest BCUT2D eigenvalue weighted by Crippen LogP contribution is 1.99. The molecule has 0 saturated heterocycles. The number of ether oxygens (including phenoxy) is 1. The van der Waals surface area contributed by atoms with Crippen LogP contribution in [-0.2, 0) is 7.05 Å². The molecule has 2 N–H and O–H groups in total. The van der Waals surface area contributed by atoms with Crippen molar-refractivity contribution in [1.82, 2.24) is 14.5 Å². The monoisotopic (exact) mass is 183 g/mol. The van der Waals surface area contributed by atoms with Crippen molar-refractivity contribution in [1.29, 1.82) is 0 Å². The van der Waals surface area contributed by atoms with Crippen LogP contribution in [0.3, 0.4) is 0 Å². The summed E-state index contributed by atoms with van der Waals surface area (Å²) in [5.74, 6) is 0.332. The molecule has 0 fully saturated rings. The zero-order valence-electron chi connectivity index (χ0n) is 7.98. The van der Waals surface area contributed by atoms with Gasteiger partial charge in [-0.2, -0.15) is 9.97 Å². The Morgan fingerprint density at radius 1 is 1.54 bits per heavy atom. The fourth-order valence-electron chi connectivity index (χ4n) is 0.855. The Hall–Kier alpha value is -1.59. The Bertz CT molecular complexity index is 356. The topological polar surface area (TPSA) is 78.3 Å². The second kappa shape index (κ2) is 3.88. The highest BCUT2D eigenvalue weighted by Gasteiger charge is 2.01. The summed E-state index contributed by atoms with van der Waals surface area (Å²) in [5, 5.41) is 0. The molecule has 13 heavy (non-hydrogen) atoms. The molecule has 0 aromatic carbocycles. The minimum absolute atomic E-state index is 0.263. The van der Waals surface area contributed by atoms with Crippen LogP contribution in [0, 0.1) is 0 Å². The van der Waals surface area contributed by atoms with Gasteiger partial charge in [0.05, 0.1) is 6.61 Å². The smallest absolute Gasteiger partial charge is 0.322 e. The maximum atomic E-state index is 5.60. The number of hydrogen-bond donors (Lipinski definition) is 1. The predicted molar refractivity (Wildman–Crippen MR) is 48.1 cm³/mol. The van der Waals surface area contributed by atoms with Gasteiger partial charge in [-0.25, -0.2) is 0 Å². The Morgan fingerprint density at radius 3 is 2.77 bits per heavy atom. The Kier molecular flexibility index (Phi) is 2.84. The van der Waals surface area contributed by atoms with Gasteiger partial charge in [0.25, 0.3) is 0 Å². The van der Waals surface area contributed by atoms with E-state index in [9.17, 15) is 0 Å². The molecule has 1 aromatic rings. The summed E-state index contributed by atoms with van der Waals surface area (Å²) in [6.45, 7) is 2.37. The van der Waals surface area contributed by atoms with E-state index in [1.54, 1.807) is 18.7 Å². The third-order valence-corrected chi connectivity index (χ3v) is 1.52. The zero-order chi connectivity index (χ0) is 9.84. The van der Waals surface area contributed by atoms with Crippen molar-refractivity contribution >= 4 is 5.95 Å². The minimum Gasteiger partial charge on any atom is -0.464 e. The van der Waals surface area contributed by atoms with Crippen molar-refractivity contribution in [3.63, 3.8) is 0 Å². The summed E-state index contributed by atoms with van der Waals surface area (Å²) in [4.78, 5) is 11.9. The Balaban J connectivity index is 3.23. The van der Waals surface area contributed by atoms with Crippen LogP contribution in [0.15, 0.2) is 4.99 Å². The van der Waals surface area contributed by atoms with Gasteiger partial charge in [0.1, 0.15) is 0 Å². The number of hydrogen-bond acceptors (Lipinski definition) is 5. The molecular formula is C7H13N5O. The molecule has 6 nitrogen and oxygen atoms in total. The van der Waals surface area contributed by atoms with E-state index in [1.807, 2.05) is 6.92 Å². The van der Waals surface area contributed by atoms with Gasteiger partial charge in [0, 0.05) is 14.1 Å². The summed E-state index contributed by atoms with van der Waals surface area (Å²) < 4.78 is 6.69. The first-order valence-electron chi connectivity index (χ1n) is 3.95. The van der Waals surface area contributed by atoms with Crippen LogP contribution in [0.2, 0.25) is 0 Å². The van der Waals surface area contributed by atoms with Gasteiger partial charge in [-0.3, -0.25) is 9.56 Å². The molecule has 6 heteroatoms. The van der Waals surface area contributed by atoms with Gasteiger partial charge in [0.2, 0.25) is 11.6 Å². The molecule has 0 atom stereocenters. The lowest BCUT2D eigenvalue weighted by Gasteiger charge is -2.05. The quantitative estimate of drug-likeness (QED) is 0.659. The van der Waals surface area contributed by atoms with Crippen LogP contribution in [0.1, 0.15) is 6.92 Å². The molecular weight excluding hydrogens is 170 g/mol. The second-order valence-electron chi connectivity index (χ2n) is 2.38. The highest BCUT2D eigenvalue weighted by molar-refractivity contribution is 5.17. The Labute approximate surface area is 76.1 Å². The average molecular weight is 183 g/mol. The number of nitrogens with zero attached hydrogens (tertiary/aromatic N) is 4. The molecule has 1 aromatic heterocycles. The molecule has 1 rings (SSSR count). The van der Waals surface area contributed by atoms with Crippen molar-refractivity contribution in [2.24, 2.45) is 12.0 Å². The second-order valence-corrected chi connectivity index (χ2v) is 2.38. The summed E-state index contributed by atoms with van der Waals surface area (Å²) >= 11 is 0. The predicted octanol–water partition coefficient (Wildman–Crippen LogP) is -0.673. The van der Waals surface area contributed by atoms with Crippen molar-refractivity contribution in [3.05, 3.63) is 5.62 Å². The first kappa shape index (κ1) is 9.50. The molecule has 0 radical (unpaired) electrons. The van der Waals surface area contributed by atoms with Crippen molar-refractivity contribution in [3.8, 4) is 6.01 Å². The fraction of sp³-hybridized carbons (Fsp3) is 0.571. The van der Waals surface area contributed by atoms with Crippen LogP contribution >= 0.6 is 0 Å². The van der Waals surface area contributed by atoms with E-state index in [-0.39, 0.29) is 6.01 Å². The van der Waals surface area contributed by atoms with Crippen LogP contribution in [0.5, 0.6) is 6.01 Å². The summed E-state index contributed by atoms with van der Waals surface area (Å²) in [7, 11) is 3.38. The minimum atomic E-state index is 0.263. The van der Waals surface area contributed by atoms with E-state index >= 15 is 0 Å². The largest absolute Gasteiger partial charge is 0.464 e. The van der Waals surface area contributed by atoms with Gasteiger partial charge >= 0.3 is 6.01 Å². The number of anilines is 1. The number of nitrogen functional groups attached to an aromatic ring is 1. The maximum absolute atomic E-state index is 5.60. The van der Waals surface area contributed by atoms with Gasteiger partial charge in [-0.15, -0.1) is 0 Å². The molecule has 0 aliphatic rings. The third-order valence-electron chi connectivity index (χ3n) is 1.52. The van der Waals surface area contributed by atoms with Crippen molar-refractivity contribution < 1.29 is 4.74 Å². The first-order chi connectivity index (χ1) is 6.19. The molecule has 0 spiro atoms. The van der Waals surface area contributed by atoms with E-state index in [2.05, 4.69) is 15.0 Å². The van der Waals surface area contributed by atoms with Crippen LogP contribution in [-0.4, -0.2) is 28.2 Å². The first-order valence-corrected chi connectivity index (χ1v) is 3.95. The maximum Gasteiger partial charge on any atom is 0.322 e. The van der Waals surface area contributed by atoms with Crippen LogP contribution < -0.4 is 16.1 Å². The summed E-state index contributed by atoms with van der Waals surface area (Å²) in [5.41, 5.74) is 6.10. The van der Waals surface area contributed by atoms with Crippen LogP contribution in [0.4, 0.5) is 5.95 Å². The summed E-state index contributed by atoms with van der Waals surface area (Å²) in [6, 6.07) is 0.263. The van der Waals surface area contributed by atoms with Crippen molar-refractivity contribution in [2.75, 3.05) is 19.4 Å². The van der Waals surface area contributed by atoms with E-state index in [4.69, 9.17) is 10.5 Å².